The molecule has 0 aliphatic carbocycles. The van der Waals surface area contributed by atoms with Crippen LogP contribution in [0.5, 0.6) is 0 Å². The zero-order valence-corrected chi connectivity index (χ0v) is 13.1. The zero-order valence-electron chi connectivity index (χ0n) is 13.1. The van der Waals surface area contributed by atoms with Crippen LogP contribution in [0.25, 0.3) is 10.9 Å². The normalized spacial score (nSPS) is 11.9. The summed E-state index contributed by atoms with van der Waals surface area (Å²) < 4.78 is 0. The Hall–Kier alpha value is -2.92. The highest BCUT2D eigenvalue weighted by molar-refractivity contribution is 5.99. The standard InChI is InChI=1S/C19H19N3O2/c23-13-16(12-14-6-2-1-3-7-14)21-19(24)22-17-10-4-8-15-9-5-11-20-18(15)17/h1-11,16,23H,12-13H2,(H2,21,22,24). The number of rotatable bonds is 5. The van der Waals surface area contributed by atoms with Crippen molar-refractivity contribution < 1.29 is 9.90 Å². The zero-order chi connectivity index (χ0) is 16.8. The summed E-state index contributed by atoms with van der Waals surface area (Å²) in [7, 11) is 0. The Morgan fingerprint density at radius 3 is 2.62 bits per heavy atom. The van der Waals surface area contributed by atoms with Gasteiger partial charge in [-0.3, -0.25) is 4.98 Å². The molecule has 3 N–H and O–H groups in total. The summed E-state index contributed by atoms with van der Waals surface area (Å²) in [6.07, 6.45) is 2.26. The van der Waals surface area contributed by atoms with Crippen LogP contribution >= 0.6 is 0 Å². The van der Waals surface area contributed by atoms with Gasteiger partial charge in [0.2, 0.25) is 0 Å². The number of amides is 2. The van der Waals surface area contributed by atoms with E-state index in [1.54, 1.807) is 12.3 Å². The molecule has 0 spiro atoms. The maximum Gasteiger partial charge on any atom is 0.319 e. The summed E-state index contributed by atoms with van der Waals surface area (Å²) in [5.41, 5.74) is 2.43. The van der Waals surface area contributed by atoms with Crippen LogP contribution < -0.4 is 10.6 Å². The van der Waals surface area contributed by atoms with Crippen molar-refractivity contribution in [3.63, 3.8) is 0 Å². The first-order valence-electron chi connectivity index (χ1n) is 7.82. The highest BCUT2D eigenvalue weighted by atomic mass is 16.3. The lowest BCUT2D eigenvalue weighted by Crippen LogP contribution is -2.41. The fourth-order valence-electron chi connectivity index (χ4n) is 2.61. The van der Waals surface area contributed by atoms with Crippen LogP contribution in [0.3, 0.4) is 0 Å². The number of para-hydroxylation sites is 1. The number of aliphatic hydroxyl groups is 1. The van der Waals surface area contributed by atoms with Crippen LogP contribution in [0, 0.1) is 0 Å². The summed E-state index contributed by atoms with van der Waals surface area (Å²) in [4.78, 5) is 16.6. The second-order valence-electron chi connectivity index (χ2n) is 5.55. The third kappa shape index (κ3) is 3.88. The molecule has 0 saturated heterocycles. The van der Waals surface area contributed by atoms with Crippen LogP contribution in [-0.4, -0.2) is 28.8 Å². The molecule has 0 aliphatic rings. The Bertz CT molecular complexity index is 816. The third-order valence-electron chi connectivity index (χ3n) is 3.76. The summed E-state index contributed by atoms with van der Waals surface area (Å²) >= 11 is 0. The third-order valence-corrected chi connectivity index (χ3v) is 3.76. The molecular weight excluding hydrogens is 302 g/mol. The van der Waals surface area contributed by atoms with E-state index in [1.807, 2.05) is 54.6 Å². The van der Waals surface area contributed by atoms with Crippen molar-refractivity contribution in [2.75, 3.05) is 11.9 Å². The van der Waals surface area contributed by atoms with E-state index in [4.69, 9.17) is 0 Å². The molecule has 1 atom stereocenters. The average Bonchev–Trinajstić information content (AvgIpc) is 2.62. The van der Waals surface area contributed by atoms with Gasteiger partial charge in [0.25, 0.3) is 0 Å². The number of hydrogen-bond acceptors (Lipinski definition) is 3. The molecule has 24 heavy (non-hydrogen) atoms. The number of urea groups is 1. The Labute approximate surface area is 140 Å². The minimum atomic E-state index is -0.358. The number of benzene rings is 2. The van der Waals surface area contributed by atoms with E-state index < -0.39 is 0 Å². The lowest BCUT2D eigenvalue weighted by atomic mass is 10.1. The highest BCUT2D eigenvalue weighted by Crippen LogP contribution is 2.20. The van der Waals surface area contributed by atoms with Crippen molar-refractivity contribution in [3.05, 3.63) is 72.4 Å². The molecule has 2 aromatic carbocycles. The number of nitrogens with zero attached hydrogens (tertiary/aromatic N) is 1. The molecule has 1 aromatic heterocycles. The fraction of sp³-hybridized carbons (Fsp3) is 0.158. The molecule has 0 bridgehead atoms. The van der Waals surface area contributed by atoms with Gasteiger partial charge in [0.05, 0.1) is 23.9 Å². The molecule has 1 heterocycles. The Kier molecular flexibility index (Phi) is 5.03. The largest absolute Gasteiger partial charge is 0.394 e. The number of aliphatic hydroxyl groups excluding tert-OH is 1. The highest BCUT2D eigenvalue weighted by Gasteiger charge is 2.13. The van der Waals surface area contributed by atoms with E-state index in [0.29, 0.717) is 12.1 Å². The summed E-state index contributed by atoms with van der Waals surface area (Å²) in [6.45, 7) is -0.129. The molecule has 0 aliphatic heterocycles. The minimum Gasteiger partial charge on any atom is -0.394 e. The van der Waals surface area contributed by atoms with Crippen molar-refractivity contribution in [3.8, 4) is 0 Å². The van der Waals surface area contributed by atoms with Crippen LogP contribution in [0.15, 0.2) is 66.9 Å². The number of fused-ring (bicyclic) bond motifs is 1. The first kappa shape index (κ1) is 16.0. The fourth-order valence-corrected chi connectivity index (χ4v) is 2.61. The summed E-state index contributed by atoms with van der Waals surface area (Å²) in [5, 5.41) is 16.1. The van der Waals surface area contributed by atoms with E-state index in [-0.39, 0.29) is 18.7 Å². The molecule has 3 aromatic rings. The van der Waals surface area contributed by atoms with Gasteiger partial charge in [-0.2, -0.15) is 0 Å². The van der Waals surface area contributed by atoms with Crippen molar-refractivity contribution >= 4 is 22.6 Å². The smallest absolute Gasteiger partial charge is 0.319 e. The number of anilines is 1. The van der Waals surface area contributed by atoms with Crippen LogP contribution in [0.2, 0.25) is 0 Å². The van der Waals surface area contributed by atoms with Gasteiger partial charge in [-0.25, -0.2) is 4.79 Å². The quantitative estimate of drug-likeness (QED) is 0.676. The molecule has 0 radical (unpaired) electrons. The molecule has 0 fully saturated rings. The van der Waals surface area contributed by atoms with E-state index in [1.165, 1.54) is 0 Å². The second-order valence-corrected chi connectivity index (χ2v) is 5.55. The minimum absolute atomic E-state index is 0.129. The molecule has 5 heteroatoms. The van der Waals surface area contributed by atoms with Crippen molar-refractivity contribution in [1.82, 2.24) is 10.3 Å². The maximum absolute atomic E-state index is 12.3. The molecular formula is C19H19N3O2. The average molecular weight is 321 g/mol. The molecule has 122 valence electrons. The first-order valence-corrected chi connectivity index (χ1v) is 7.82. The van der Waals surface area contributed by atoms with Crippen molar-refractivity contribution in [1.29, 1.82) is 0 Å². The topological polar surface area (TPSA) is 74.2 Å². The maximum atomic E-state index is 12.3. The lowest BCUT2D eigenvalue weighted by Gasteiger charge is -2.17. The van der Waals surface area contributed by atoms with E-state index in [9.17, 15) is 9.90 Å². The second kappa shape index (κ2) is 7.57. The Morgan fingerprint density at radius 2 is 1.83 bits per heavy atom. The van der Waals surface area contributed by atoms with Crippen LogP contribution in [0.4, 0.5) is 10.5 Å². The number of aromatic nitrogens is 1. The van der Waals surface area contributed by atoms with Gasteiger partial charge in [0.1, 0.15) is 0 Å². The van der Waals surface area contributed by atoms with Gasteiger partial charge in [-0.15, -0.1) is 0 Å². The number of hydrogen-bond donors (Lipinski definition) is 3. The SMILES string of the molecule is O=C(Nc1cccc2cccnc12)NC(CO)Cc1ccccc1. The van der Waals surface area contributed by atoms with E-state index in [0.717, 1.165) is 16.5 Å². The Morgan fingerprint density at radius 1 is 1.04 bits per heavy atom. The van der Waals surface area contributed by atoms with Crippen molar-refractivity contribution in [2.24, 2.45) is 0 Å². The number of pyridine rings is 1. The molecule has 0 saturated carbocycles. The number of nitrogens with one attached hydrogen (secondary N) is 2. The van der Waals surface area contributed by atoms with Gasteiger partial charge >= 0.3 is 6.03 Å². The van der Waals surface area contributed by atoms with Crippen LogP contribution in [0.1, 0.15) is 5.56 Å². The predicted octanol–water partition coefficient (Wildman–Crippen LogP) is 2.96. The molecule has 3 rings (SSSR count). The van der Waals surface area contributed by atoms with Gasteiger partial charge in [0, 0.05) is 11.6 Å². The van der Waals surface area contributed by atoms with Crippen LogP contribution in [-0.2, 0) is 6.42 Å². The summed E-state index contributed by atoms with van der Waals surface area (Å²) in [6, 6.07) is 18.4. The first-order chi connectivity index (χ1) is 11.8. The van der Waals surface area contributed by atoms with E-state index >= 15 is 0 Å². The summed E-state index contributed by atoms with van der Waals surface area (Å²) in [5.74, 6) is 0. The van der Waals surface area contributed by atoms with Crippen molar-refractivity contribution in [2.45, 2.75) is 12.5 Å². The molecule has 5 nitrogen and oxygen atoms in total. The van der Waals surface area contributed by atoms with Gasteiger partial charge < -0.3 is 15.7 Å². The van der Waals surface area contributed by atoms with E-state index in [2.05, 4.69) is 15.6 Å². The molecule has 1 unspecified atom stereocenters. The van der Waals surface area contributed by atoms with Gasteiger partial charge in [0.15, 0.2) is 0 Å². The lowest BCUT2D eigenvalue weighted by molar-refractivity contribution is 0.224. The van der Waals surface area contributed by atoms with Gasteiger partial charge in [-0.05, 0) is 24.1 Å². The Balaban J connectivity index is 1.67. The molecule has 2 amide bonds. The van der Waals surface area contributed by atoms with Gasteiger partial charge in [-0.1, -0.05) is 48.5 Å². The predicted molar refractivity (Wildman–Crippen MR) is 94.9 cm³/mol. The number of carbonyl (C=O) groups is 1. The monoisotopic (exact) mass is 321 g/mol. The number of carbonyl (C=O) groups excluding carboxylic acids is 1.